The van der Waals surface area contributed by atoms with Crippen LogP contribution in [0.25, 0.3) is 0 Å². The van der Waals surface area contributed by atoms with Gasteiger partial charge in [0.15, 0.2) is 0 Å². The van der Waals surface area contributed by atoms with Gasteiger partial charge in [0.25, 0.3) is 0 Å². The second-order valence-electron chi connectivity index (χ2n) is 4.00. The summed E-state index contributed by atoms with van der Waals surface area (Å²) in [6, 6.07) is 0.478. The summed E-state index contributed by atoms with van der Waals surface area (Å²) in [5.41, 5.74) is 0. The fraction of sp³-hybridized carbons (Fsp3) is 0.700. The Hall–Kier alpha value is -0.350. The van der Waals surface area contributed by atoms with Crippen molar-refractivity contribution in [2.45, 2.75) is 32.2 Å². The first kappa shape index (κ1) is 10.2. The van der Waals surface area contributed by atoms with Crippen LogP contribution in [0.5, 0.6) is 0 Å². The Morgan fingerprint density at radius 1 is 1.64 bits per heavy atom. The molecule has 0 spiro atoms. The lowest BCUT2D eigenvalue weighted by Crippen LogP contribution is -2.12. The molecule has 0 N–H and O–H groups in total. The van der Waals surface area contributed by atoms with Crippen molar-refractivity contribution < 1.29 is 4.74 Å². The molecule has 1 atom stereocenters. The summed E-state index contributed by atoms with van der Waals surface area (Å²) >= 11 is 3.43. The van der Waals surface area contributed by atoms with E-state index in [-0.39, 0.29) is 0 Å². The van der Waals surface area contributed by atoms with Crippen LogP contribution in [-0.2, 0) is 4.74 Å². The molecule has 3 nitrogen and oxygen atoms in total. The first-order chi connectivity index (χ1) is 6.68. The van der Waals surface area contributed by atoms with Crippen molar-refractivity contribution in [3.63, 3.8) is 0 Å². The maximum Gasteiger partial charge on any atom is 0.124 e. The van der Waals surface area contributed by atoms with Crippen molar-refractivity contribution in [3.05, 3.63) is 16.6 Å². The molecule has 0 radical (unpaired) electrons. The third-order valence-electron chi connectivity index (χ3n) is 2.55. The molecular weight excluding hydrogens is 244 g/mol. The van der Waals surface area contributed by atoms with Crippen LogP contribution in [0.4, 0.5) is 0 Å². The molecule has 1 aromatic heterocycles. The van der Waals surface area contributed by atoms with Gasteiger partial charge in [-0.2, -0.15) is 0 Å². The van der Waals surface area contributed by atoms with Gasteiger partial charge in [-0.1, -0.05) is 13.8 Å². The quantitative estimate of drug-likeness (QED) is 0.816. The minimum Gasteiger partial charge on any atom is -0.379 e. The molecule has 0 amide bonds. The summed E-state index contributed by atoms with van der Waals surface area (Å²) in [6.45, 7) is 6.03. The van der Waals surface area contributed by atoms with Crippen molar-refractivity contribution in [2.24, 2.45) is 0 Å². The molecule has 1 aliphatic heterocycles. The van der Waals surface area contributed by atoms with E-state index in [1.165, 1.54) is 0 Å². The van der Waals surface area contributed by atoms with Gasteiger partial charge in [0, 0.05) is 18.7 Å². The fourth-order valence-electron chi connectivity index (χ4n) is 1.84. The Labute approximate surface area is 92.6 Å². The van der Waals surface area contributed by atoms with Gasteiger partial charge < -0.3 is 9.30 Å². The highest BCUT2D eigenvalue weighted by atomic mass is 79.9. The molecule has 1 aromatic rings. The molecule has 1 aliphatic rings. The van der Waals surface area contributed by atoms with Gasteiger partial charge >= 0.3 is 0 Å². The summed E-state index contributed by atoms with van der Waals surface area (Å²) in [4.78, 5) is 4.48. The first-order valence-electron chi connectivity index (χ1n) is 5.00. The van der Waals surface area contributed by atoms with Crippen LogP contribution in [0.3, 0.4) is 0 Å². The van der Waals surface area contributed by atoms with Crippen molar-refractivity contribution in [1.29, 1.82) is 0 Å². The predicted octanol–water partition coefficient (Wildman–Crippen LogP) is 2.73. The Balaban J connectivity index is 2.30. The highest BCUT2D eigenvalue weighted by Crippen LogP contribution is 2.26. The molecule has 2 rings (SSSR count). The third-order valence-corrected chi connectivity index (χ3v) is 2.93. The molecule has 1 saturated heterocycles. The summed E-state index contributed by atoms with van der Waals surface area (Å²) < 4.78 is 8.57. The molecule has 1 unspecified atom stereocenters. The summed E-state index contributed by atoms with van der Waals surface area (Å²) in [5.74, 6) is 1.61. The van der Waals surface area contributed by atoms with Gasteiger partial charge in [-0.05, 0) is 22.4 Å². The molecule has 0 aromatic carbocycles. The zero-order valence-electron chi connectivity index (χ0n) is 8.53. The molecule has 14 heavy (non-hydrogen) atoms. The lowest BCUT2D eigenvalue weighted by Gasteiger charge is -2.15. The van der Waals surface area contributed by atoms with E-state index in [1.807, 2.05) is 0 Å². The van der Waals surface area contributed by atoms with E-state index >= 15 is 0 Å². The molecule has 1 fully saturated rings. The molecule has 0 bridgehead atoms. The van der Waals surface area contributed by atoms with E-state index in [0.29, 0.717) is 12.0 Å². The Kier molecular flexibility index (Phi) is 2.93. The summed E-state index contributed by atoms with van der Waals surface area (Å²) in [5, 5.41) is 0. The predicted molar refractivity (Wildman–Crippen MR) is 58.5 cm³/mol. The Bertz CT molecular complexity index is 316. The SMILES string of the molecule is CC(C)c1nc(Br)cn1C1CCOC1. The van der Waals surface area contributed by atoms with Gasteiger partial charge in [0.1, 0.15) is 10.4 Å². The largest absolute Gasteiger partial charge is 0.379 e. The van der Waals surface area contributed by atoms with Gasteiger partial charge in [0.05, 0.1) is 12.6 Å². The van der Waals surface area contributed by atoms with E-state index in [0.717, 1.165) is 30.1 Å². The minimum absolute atomic E-state index is 0.460. The van der Waals surface area contributed by atoms with Crippen LogP contribution in [0.2, 0.25) is 0 Å². The maximum absolute atomic E-state index is 5.39. The standard InChI is InChI=1S/C10H15BrN2O/c1-7(2)10-12-9(11)5-13(10)8-3-4-14-6-8/h5,7-8H,3-4,6H2,1-2H3. The Morgan fingerprint density at radius 3 is 3.00 bits per heavy atom. The summed E-state index contributed by atoms with van der Waals surface area (Å²) in [6.07, 6.45) is 3.16. The van der Waals surface area contributed by atoms with Crippen LogP contribution < -0.4 is 0 Å². The van der Waals surface area contributed by atoms with Crippen LogP contribution >= 0.6 is 15.9 Å². The van der Waals surface area contributed by atoms with Crippen molar-refractivity contribution >= 4 is 15.9 Å². The zero-order valence-corrected chi connectivity index (χ0v) is 10.1. The van der Waals surface area contributed by atoms with Gasteiger partial charge in [-0.15, -0.1) is 0 Å². The van der Waals surface area contributed by atoms with Crippen molar-refractivity contribution in [3.8, 4) is 0 Å². The summed E-state index contributed by atoms with van der Waals surface area (Å²) in [7, 11) is 0. The molecule has 0 aliphatic carbocycles. The van der Waals surface area contributed by atoms with Crippen molar-refractivity contribution in [2.75, 3.05) is 13.2 Å². The van der Waals surface area contributed by atoms with Gasteiger partial charge in [0.2, 0.25) is 0 Å². The second-order valence-corrected chi connectivity index (χ2v) is 4.81. The van der Waals surface area contributed by atoms with E-state index < -0.39 is 0 Å². The molecular formula is C10H15BrN2O. The lowest BCUT2D eigenvalue weighted by molar-refractivity contribution is 0.186. The average Bonchev–Trinajstić information content (AvgIpc) is 2.70. The van der Waals surface area contributed by atoms with Gasteiger partial charge in [-0.3, -0.25) is 0 Å². The van der Waals surface area contributed by atoms with E-state index in [9.17, 15) is 0 Å². The molecule has 0 saturated carbocycles. The Morgan fingerprint density at radius 2 is 2.43 bits per heavy atom. The minimum atomic E-state index is 0.460. The lowest BCUT2D eigenvalue weighted by atomic mass is 10.2. The highest BCUT2D eigenvalue weighted by molar-refractivity contribution is 9.10. The maximum atomic E-state index is 5.39. The third kappa shape index (κ3) is 1.86. The van der Waals surface area contributed by atoms with E-state index in [4.69, 9.17) is 4.74 Å². The normalized spacial score (nSPS) is 22.1. The topological polar surface area (TPSA) is 27.1 Å². The fourth-order valence-corrected chi connectivity index (χ4v) is 2.24. The van der Waals surface area contributed by atoms with Crippen LogP contribution in [-0.4, -0.2) is 22.8 Å². The van der Waals surface area contributed by atoms with Crippen LogP contribution in [0.15, 0.2) is 10.8 Å². The number of halogens is 1. The average molecular weight is 259 g/mol. The van der Waals surface area contributed by atoms with E-state index in [2.05, 4.69) is 45.5 Å². The highest BCUT2D eigenvalue weighted by Gasteiger charge is 2.21. The monoisotopic (exact) mass is 258 g/mol. The van der Waals surface area contributed by atoms with Crippen molar-refractivity contribution in [1.82, 2.24) is 9.55 Å². The first-order valence-corrected chi connectivity index (χ1v) is 5.80. The van der Waals surface area contributed by atoms with Crippen LogP contribution in [0.1, 0.15) is 38.1 Å². The smallest absolute Gasteiger partial charge is 0.124 e. The molecule has 2 heterocycles. The van der Waals surface area contributed by atoms with E-state index in [1.54, 1.807) is 0 Å². The molecule has 78 valence electrons. The number of hydrogen-bond acceptors (Lipinski definition) is 2. The number of aromatic nitrogens is 2. The second kappa shape index (κ2) is 4.03. The van der Waals surface area contributed by atoms with Crippen LogP contribution in [0, 0.1) is 0 Å². The van der Waals surface area contributed by atoms with Gasteiger partial charge in [-0.25, -0.2) is 4.98 Å². The number of rotatable bonds is 2. The number of ether oxygens (including phenoxy) is 1. The molecule has 4 heteroatoms. The zero-order chi connectivity index (χ0) is 10.1. The number of imidazole rings is 1. The number of nitrogens with zero attached hydrogens (tertiary/aromatic N) is 2. The number of hydrogen-bond donors (Lipinski definition) is 0.